The van der Waals surface area contributed by atoms with Crippen LogP contribution in [0.3, 0.4) is 0 Å². The molecular weight excluding hydrogens is 192 g/mol. The molecule has 1 unspecified atom stereocenters. The molecule has 0 radical (unpaired) electrons. The van der Waals surface area contributed by atoms with Crippen LogP contribution in [0, 0.1) is 5.92 Å². The molecule has 1 saturated heterocycles. The summed E-state index contributed by atoms with van der Waals surface area (Å²) in [4.78, 5) is 0. The number of aliphatic hydroxyl groups is 1. The number of nitrogens with zero attached hydrogens (tertiary/aromatic N) is 1. The highest BCUT2D eigenvalue weighted by Gasteiger charge is 2.23. The van der Waals surface area contributed by atoms with Crippen LogP contribution in [0.25, 0.3) is 0 Å². The molecule has 1 fully saturated rings. The van der Waals surface area contributed by atoms with Gasteiger partial charge in [-0.2, -0.15) is 0 Å². The SMILES string of the molecule is NC(CO)C1CCN(SS)CC1. The van der Waals surface area contributed by atoms with Gasteiger partial charge in [0.1, 0.15) is 0 Å². The van der Waals surface area contributed by atoms with E-state index in [0.29, 0.717) is 5.92 Å². The molecular formula is C7H16N2OS2. The monoisotopic (exact) mass is 208 g/mol. The molecule has 0 aromatic carbocycles. The fourth-order valence-corrected chi connectivity index (χ4v) is 2.40. The van der Waals surface area contributed by atoms with Crippen molar-refractivity contribution >= 4 is 22.6 Å². The third-order valence-corrected chi connectivity index (χ3v) is 3.72. The molecule has 1 aliphatic heterocycles. The highest BCUT2D eigenvalue weighted by atomic mass is 33.1. The van der Waals surface area contributed by atoms with E-state index in [0.717, 1.165) is 25.9 Å². The van der Waals surface area contributed by atoms with Crippen molar-refractivity contribution < 1.29 is 5.11 Å². The van der Waals surface area contributed by atoms with Gasteiger partial charge in [0.2, 0.25) is 0 Å². The molecule has 0 amide bonds. The summed E-state index contributed by atoms with van der Waals surface area (Å²) in [5.41, 5.74) is 5.74. The number of piperidine rings is 1. The Kier molecular flexibility index (Phi) is 4.74. The van der Waals surface area contributed by atoms with Gasteiger partial charge in [0.25, 0.3) is 0 Å². The Bertz CT molecular complexity index is 129. The molecule has 1 aliphatic rings. The first-order valence-corrected chi connectivity index (χ1v) is 6.03. The van der Waals surface area contributed by atoms with E-state index < -0.39 is 0 Å². The number of thiol groups is 1. The zero-order chi connectivity index (χ0) is 8.97. The van der Waals surface area contributed by atoms with Gasteiger partial charge >= 0.3 is 0 Å². The standard InChI is InChI=1S/C7H16N2OS2/c8-7(5-10)6-1-3-9(12-11)4-2-6/h6-7,10-11H,1-5,8H2. The lowest BCUT2D eigenvalue weighted by molar-refractivity contribution is 0.185. The van der Waals surface area contributed by atoms with Gasteiger partial charge in [0.15, 0.2) is 0 Å². The van der Waals surface area contributed by atoms with Crippen molar-refractivity contribution in [2.75, 3.05) is 19.7 Å². The van der Waals surface area contributed by atoms with Crippen molar-refractivity contribution in [1.29, 1.82) is 0 Å². The molecule has 0 bridgehead atoms. The van der Waals surface area contributed by atoms with E-state index in [1.54, 1.807) is 0 Å². The molecule has 3 nitrogen and oxygen atoms in total. The highest BCUT2D eigenvalue weighted by Crippen LogP contribution is 2.25. The van der Waals surface area contributed by atoms with Crippen molar-refractivity contribution in [3.63, 3.8) is 0 Å². The molecule has 0 aromatic heterocycles. The number of aliphatic hydroxyl groups excluding tert-OH is 1. The van der Waals surface area contributed by atoms with Crippen molar-refractivity contribution in [3.05, 3.63) is 0 Å². The van der Waals surface area contributed by atoms with Crippen molar-refractivity contribution in [3.8, 4) is 0 Å². The Morgan fingerprint density at radius 3 is 2.58 bits per heavy atom. The fourth-order valence-electron chi connectivity index (χ4n) is 1.53. The van der Waals surface area contributed by atoms with Crippen molar-refractivity contribution in [1.82, 2.24) is 4.31 Å². The maximum Gasteiger partial charge on any atom is 0.0585 e. The molecule has 0 aromatic rings. The second-order valence-corrected chi connectivity index (χ2v) is 4.36. The van der Waals surface area contributed by atoms with Crippen LogP contribution in [0.5, 0.6) is 0 Å². The summed E-state index contributed by atoms with van der Waals surface area (Å²) >= 11 is 4.13. The maximum absolute atomic E-state index is 8.85. The minimum Gasteiger partial charge on any atom is -0.395 e. The molecule has 72 valence electrons. The second-order valence-electron chi connectivity index (χ2n) is 3.19. The van der Waals surface area contributed by atoms with Crippen LogP contribution >= 0.6 is 22.6 Å². The lowest BCUT2D eigenvalue weighted by Gasteiger charge is -2.32. The quantitative estimate of drug-likeness (QED) is 0.359. The predicted octanol–water partition coefficient (Wildman–Crippen LogP) is 0.511. The summed E-state index contributed by atoms with van der Waals surface area (Å²) in [7, 11) is 1.49. The first-order chi connectivity index (χ1) is 5.77. The molecule has 5 heteroatoms. The van der Waals surface area contributed by atoms with E-state index in [4.69, 9.17) is 10.8 Å². The number of hydrogen-bond donors (Lipinski definition) is 3. The smallest absolute Gasteiger partial charge is 0.0585 e. The Morgan fingerprint density at radius 2 is 2.17 bits per heavy atom. The number of rotatable bonds is 3. The molecule has 1 atom stereocenters. The van der Waals surface area contributed by atoms with Crippen molar-refractivity contribution in [2.24, 2.45) is 11.7 Å². The van der Waals surface area contributed by atoms with E-state index in [9.17, 15) is 0 Å². The summed E-state index contributed by atoms with van der Waals surface area (Å²) < 4.78 is 2.21. The lowest BCUT2D eigenvalue weighted by Crippen LogP contribution is -2.40. The summed E-state index contributed by atoms with van der Waals surface area (Å²) in [6, 6.07) is -0.0305. The second kappa shape index (κ2) is 5.34. The van der Waals surface area contributed by atoms with Gasteiger partial charge in [0.05, 0.1) is 6.61 Å². The molecule has 3 N–H and O–H groups in total. The van der Waals surface area contributed by atoms with E-state index in [2.05, 4.69) is 16.0 Å². The summed E-state index contributed by atoms with van der Waals surface area (Å²) in [5.74, 6) is 0.492. The Morgan fingerprint density at radius 1 is 1.58 bits per heavy atom. The molecule has 0 aliphatic carbocycles. The third kappa shape index (κ3) is 2.81. The maximum atomic E-state index is 8.85. The molecule has 12 heavy (non-hydrogen) atoms. The number of hydrogen-bond acceptors (Lipinski definition) is 5. The first-order valence-electron chi connectivity index (χ1n) is 4.21. The Labute approximate surface area is 82.6 Å². The molecule has 0 saturated carbocycles. The summed E-state index contributed by atoms with van der Waals surface area (Å²) in [5, 5.41) is 8.85. The summed E-state index contributed by atoms with van der Waals surface area (Å²) in [6.07, 6.45) is 2.16. The zero-order valence-corrected chi connectivity index (χ0v) is 8.73. The molecule has 1 rings (SSSR count). The van der Waals surface area contributed by atoms with Gasteiger partial charge in [0, 0.05) is 19.1 Å². The van der Waals surface area contributed by atoms with Crippen LogP contribution in [0.15, 0.2) is 0 Å². The summed E-state index contributed by atoms with van der Waals surface area (Å²) in [6.45, 7) is 2.18. The van der Waals surface area contributed by atoms with Crippen LogP contribution in [-0.2, 0) is 0 Å². The average molecular weight is 208 g/mol. The zero-order valence-electron chi connectivity index (χ0n) is 7.02. The Balaban J connectivity index is 2.25. The molecule has 0 spiro atoms. The number of nitrogens with two attached hydrogens (primary N) is 1. The van der Waals surface area contributed by atoms with E-state index in [1.807, 2.05) is 0 Å². The Hall–Kier alpha value is 0.580. The fraction of sp³-hybridized carbons (Fsp3) is 1.00. The lowest BCUT2D eigenvalue weighted by atomic mass is 9.91. The van der Waals surface area contributed by atoms with E-state index >= 15 is 0 Å². The topological polar surface area (TPSA) is 49.5 Å². The van der Waals surface area contributed by atoms with Crippen LogP contribution in [0.4, 0.5) is 0 Å². The van der Waals surface area contributed by atoms with Gasteiger partial charge in [-0.05, 0) is 29.7 Å². The minimum absolute atomic E-state index is 0.0305. The molecule has 1 heterocycles. The van der Waals surface area contributed by atoms with E-state index in [1.165, 1.54) is 11.0 Å². The van der Waals surface area contributed by atoms with Crippen molar-refractivity contribution in [2.45, 2.75) is 18.9 Å². The van der Waals surface area contributed by atoms with Gasteiger partial charge in [-0.15, -0.1) is 0 Å². The van der Waals surface area contributed by atoms with Gasteiger partial charge in [-0.25, -0.2) is 4.31 Å². The predicted molar refractivity (Wildman–Crippen MR) is 55.9 cm³/mol. The highest BCUT2D eigenvalue weighted by molar-refractivity contribution is 8.67. The third-order valence-electron chi connectivity index (χ3n) is 2.43. The van der Waals surface area contributed by atoms with E-state index in [-0.39, 0.29) is 12.6 Å². The normalized spacial score (nSPS) is 24.2. The van der Waals surface area contributed by atoms with Crippen LogP contribution in [0.2, 0.25) is 0 Å². The van der Waals surface area contributed by atoms with Crippen LogP contribution in [-0.4, -0.2) is 35.1 Å². The first kappa shape index (κ1) is 10.7. The minimum atomic E-state index is -0.0305. The average Bonchev–Trinajstić information content (AvgIpc) is 2.17. The van der Waals surface area contributed by atoms with Crippen LogP contribution in [0.1, 0.15) is 12.8 Å². The largest absolute Gasteiger partial charge is 0.395 e. The van der Waals surface area contributed by atoms with Gasteiger partial charge in [-0.3, -0.25) is 0 Å². The van der Waals surface area contributed by atoms with Gasteiger partial charge < -0.3 is 10.8 Å². The van der Waals surface area contributed by atoms with Crippen LogP contribution < -0.4 is 5.73 Å². The van der Waals surface area contributed by atoms with Gasteiger partial charge in [-0.1, -0.05) is 11.7 Å².